The largest absolute Gasteiger partial charge is 0.394 e. The highest BCUT2D eigenvalue weighted by Crippen LogP contribution is 2.57. The van der Waals surface area contributed by atoms with E-state index >= 15 is 0 Å². The number of nitrogens with two attached hydrogens (primary N) is 1. The van der Waals surface area contributed by atoms with Crippen molar-refractivity contribution in [3.63, 3.8) is 0 Å². The van der Waals surface area contributed by atoms with Gasteiger partial charge < -0.3 is 20.9 Å². The fraction of sp³-hybridized carbons (Fsp3) is 0.929. The number of ether oxygens (including phenoxy) is 1. The van der Waals surface area contributed by atoms with E-state index in [4.69, 9.17) is 10.5 Å². The zero-order valence-corrected chi connectivity index (χ0v) is 12.1. The van der Waals surface area contributed by atoms with Crippen LogP contribution in [0, 0.1) is 11.3 Å². The fourth-order valence-electron chi connectivity index (χ4n) is 3.62. The summed E-state index contributed by atoms with van der Waals surface area (Å²) in [5.74, 6) is -0.0578. The number of aliphatic hydroxyl groups excluding tert-OH is 1. The van der Waals surface area contributed by atoms with Gasteiger partial charge in [0.15, 0.2) is 0 Å². The van der Waals surface area contributed by atoms with Crippen molar-refractivity contribution in [2.75, 3.05) is 13.2 Å². The maximum absolute atomic E-state index is 12.5. The van der Waals surface area contributed by atoms with Gasteiger partial charge in [-0.3, -0.25) is 4.79 Å². The van der Waals surface area contributed by atoms with Crippen LogP contribution in [0.1, 0.15) is 40.0 Å². The van der Waals surface area contributed by atoms with Gasteiger partial charge in [-0.1, -0.05) is 20.8 Å². The molecule has 19 heavy (non-hydrogen) atoms. The average molecular weight is 270 g/mol. The molecule has 2 rings (SSSR count). The molecule has 3 unspecified atom stereocenters. The summed E-state index contributed by atoms with van der Waals surface area (Å²) in [6.45, 7) is 6.64. The summed E-state index contributed by atoms with van der Waals surface area (Å²) in [6.07, 6.45) is 2.67. The first-order valence-electron chi connectivity index (χ1n) is 7.21. The second-order valence-corrected chi connectivity index (χ2v) is 6.39. The molecule has 0 aromatic rings. The monoisotopic (exact) mass is 270 g/mol. The Labute approximate surface area is 114 Å². The number of nitrogens with one attached hydrogen (secondary N) is 1. The Hall–Kier alpha value is -0.650. The minimum absolute atomic E-state index is 0.0522. The average Bonchev–Trinajstić information content (AvgIpc) is 2.43. The van der Waals surface area contributed by atoms with Gasteiger partial charge in [-0.2, -0.15) is 0 Å². The molecule has 110 valence electrons. The lowest BCUT2D eigenvalue weighted by molar-refractivity contribution is -0.225. The van der Waals surface area contributed by atoms with Crippen molar-refractivity contribution in [2.24, 2.45) is 17.1 Å². The minimum Gasteiger partial charge on any atom is -0.394 e. The van der Waals surface area contributed by atoms with Gasteiger partial charge >= 0.3 is 0 Å². The van der Waals surface area contributed by atoms with E-state index in [9.17, 15) is 9.90 Å². The van der Waals surface area contributed by atoms with E-state index in [0.717, 1.165) is 19.4 Å². The fourth-order valence-corrected chi connectivity index (χ4v) is 3.62. The predicted molar refractivity (Wildman–Crippen MR) is 72.5 cm³/mol. The van der Waals surface area contributed by atoms with Crippen molar-refractivity contribution in [1.82, 2.24) is 5.32 Å². The van der Waals surface area contributed by atoms with Crippen molar-refractivity contribution >= 4 is 5.91 Å². The lowest BCUT2D eigenvalue weighted by Gasteiger charge is -2.65. The first-order chi connectivity index (χ1) is 8.89. The first-order valence-corrected chi connectivity index (χ1v) is 7.21. The van der Waals surface area contributed by atoms with Crippen LogP contribution in [-0.2, 0) is 9.53 Å². The van der Waals surface area contributed by atoms with Gasteiger partial charge in [0.2, 0.25) is 5.91 Å². The zero-order chi connectivity index (χ0) is 14.3. The molecule has 0 aromatic heterocycles. The summed E-state index contributed by atoms with van der Waals surface area (Å²) >= 11 is 0. The Balaban J connectivity index is 2.14. The standard InChI is InChI=1S/C14H26N2O3/c1-4-9(8-17)16-12(18)14(15)10-6-5-7-19-11(10)13(14,2)3/h9-11,17H,4-8,15H2,1-3H3,(H,16,18)/t9-,10?,11?,14?/m0/s1. The molecule has 0 radical (unpaired) electrons. The molecule has 1 aliphatic carbocycles. The van der Waals surface area contributed by atoms with Gasteiger partial charge in [-0.05, 0) is 19.3 Å². The Morgan fingerprint density at radius 3 is 2.84 bits per heavy atom. The van der Waals surface area contributed by atoms with Crippen LogP contribution in [0.25, 0.3) is 0 Å². The van der Waals surface area contributed by atoms with Crippen molar-refractivity contribution in [3.05, 3.63) is 0 Å². The molecule has 5 heteroatoms. The van der Waals surface area contributed by atoms with Gasteiger partial charge in [0.1, 0.15) is 5.54 Å². The summed E-state index contributed by atoms with van der Waals surface area (Å²) in [7, 11) is 0. The van der Waals surface area contributed by atoms with E-state index in [1.54, 1.807) is 0 Å². The SMILES string of the molecule is CC[C@@H](CO)NC(=O)C1(N)C2CCCOC2C1(C)C. The van der Waals surface area contributed by atoms with Crippen LogP contribution < -0.4 is 11.1 Å². The normalized spacial score (nSPS) is 37.9. The lowest BCUT2D eigenvalue weighted by Crippen LogP contribution is -2.82. The van der Waals surface area contributed by atoms with Crippen molar-refractivity contribution in [2.45, 2.75) is 57.7 Å². The van der Waals surface area contributed by atoms with Crippen molar-refractivity contribution < 1.29 is 14.6 Å². The molecule has 0 bridgehead atoms. The summed E-state index contributed by atoms with van der Waals surface area (Å²) in [5.41, 5.74) is 5.21. The molecule has 4 atom stereocenters. The van der Waals surface area contributed by atoms with Crippen LogP contribution in [0.3, 0.4) is 0 Å². The smallest absolute Gasteiger partial charge is 0.241 e. The van der Waals surface area contributed by atoms with Crippen LogP contribution in [0.4, 0.5) is 0 Å². The molecule has 1 saturated carbocycles. The number of carbonyl (C=O) groups is 1. The highest BCUT2D eigenvalue weighted by Gasteiger charge is 2.70. The summed E-state index contributed by atoms with van der Waals surface area (Å²) in [6, 6.07) is -0.215. The topological polar surface area (TPSA) is 84.6 Å². The number of hydrogen-bond acceptors (Lipinski definition) is 4. The second kappa shape index (κ2) is 5.04. The van der Waals surface area contributed by atoms with E-state index in [0.29, 0.717) is 6.42 Å². The van der Waals surface area contributed by atoms with Crippen molar-refractivity contribution in [1.29, 1.82) is 0 Å². The summed E-state index contributed by atoms with van der Waals surface area (Å²) in [4.78, 5) is 12.5. The molecule has 1 saturated heterocycles. The van der Waals surface area contributed by atoms with Crippen LogP contribution in [0.5, 0.6) is 0 Å². The van der Waals surface area contributed by atoms with Gasteiger partial charge in [0, 0.05) is 17.9 Å². The molecular weight excluding hydrogens is 244 g/mol. The number of aliphatic hydroxyl groups is 1. The zero-order valence-electron chi connectivity index (χ0n) is 12.1. The third kappa shape index (κ3) is 1.99. The molecule has 5 nitrogen and oxygen atoms in total. The molecule has 2 fully saturated rings. The van der Waals surface area contributed by atoms with E-state index in [1.165, 1.54) is 0 Å². The third-order valence-corrected chi connectivity index (χ3v) is 5.11. The Morgan fingerprint density at radius 2 is 2.26 bits per heavy atom. The molecule has 1 amide bonds. The number of rotatable bonds is 4. The van der Waals surface area contributed by atoms with Crippen LogP contribution in [-0.4, -0.2) is 41.9 Å². The minimum atomic E-state index is -0.888. The number of amides is 1. The lowest BCUT2D eigenvalue weighted by atomic mass is 9.46. The summed E-state index contributed by atoms with van der Waals surface area (Å²) < 4.78 is 5.79. The van der Waals surface area contributed by atoms with Crippen LogP contribution in [0.15, 0.2) is 0 Å². The van der Waals surface area contributed by atoms with E-state index < -0.39 is 5.54 Å². The summed E-state index contributed by atoms with van der Waals surface area (Å²) in [5, 5.41) is 12.1. The number of carbonyl (C=O) groups excluding carboxylic acids is 1. The molecule has 1 heterocycles. The third-order valence-electron chi connectivity index (χ3n) is 5.11. The molecule has 1 aliphatic heterocycles. The predicted octanol–water partition coefficient (Wildman–Crippen LogP) is 0.406. The maximum atomic E-state index is 12.5. The highest BCUT2D eigenvalue weighted by molar-refractivity contribution is 5.89. The molecule has 2 aliphatic rings. The molecule has 0 aromatic carbocycles. The number of fused-ring (bicyclic) bond motifs is 1. The van der Waals surface area contributed by atoms with Gasteiger partial charge in [-0.25, -0.2) is 0 Å². The Kier molecular flexibility index (Phi) is 3.91. The maximum Gasteiger partial charge on any atom is 0.241 e. The van der Waals surface area contributed by atoms with Crippen molar-refractivity contribution in [3.8, 4) is 0 Å². The van der Waals surface area contributed by atoms with Gasteiger partial charge in [-0.15, -0.1) is 0 Å². The Bertz CT molecular complexity index is 355. The van der Waals surface area contributed by atoms with Gasteiger partial charge in [0.05, 0.1) is 18.8 Å². The quantitative estimate of drug-likeness (QED) is 0.690. The number of hydrogen-bond donors (Lipinski definition) is 3. The first kappa shape index (κ1) is 14.8. The Morgan fingerprint density at radius 1 is 1.58 bits per heavy atom. The highest BCUT2D eigenvalue weighted by atomic mass is 16.5. The van der Waals surface area contributed by atoms with E-state index in [2.05, 4.69) is 5.32 Å². The van der Waals surface area contributed by atoms with E-state index in [-0.39, 0.29) is 36.0 Å². The van der Waals surface area contributed by atoms with Crippen LogP contribution >= 0.6 is 0 Å². The molecule has 4 N–H and O–H groups in total. The molecule has 0 spiro atoms. The van der Waals surface area contributed by atoms with Crippen LogP contribution in [0.2, 0.25) is 0 Å². The molecular formula is C14H26N2O3. The van der Waals surface area contributed by atoms with E-state index in [1.807, 2.05) is 20.8 Å². The second-order valence-electron chi connectivity index (χ2n) is 6.39. The van der Waals surface area contributed by atoms with Gasteiger partial charge in [0.25, 0.3) is 0 Å².